The molecule has 1 aromatic carbocycles. The predicted octanol–water partition coefficient (Wildman–Crippen LogP) is 11.6. The van der Waals surface area contributed by atoms with Gasteiger partial charge in [0.2, 0.25) is 0 Å². The zero-order valence-electron chi connectivity index (χ0n) is 23.3. The molecule has 0 nitrogen and oxygen atoms in total. The summed E-state index contributed by atoms with van der Waals surface area (Å²) >= 11 is 0. The van der Waals surface area contributed by atoms with Gasteiger partial charge in [-0.1, -0.05) is 69.0 Å². The van der Waals surface area contributed by atoms with Crippen molar-refractivity contribution in [3.8, 4) is 0 Å². The van der Waals surface area contributed by atoms with Crippen molar-refractivity contribution < 1.29 is 17.6 Å². The summed E-state index contributed by atoms with van der Waals surface area (Å²) < 4.78 is 51.1. The summed E-state index contributed by atoms with van der Waals surface area (Å²) in [7, 11) is 0. The molecule has 0 saturated heterocycles. The molecule has 1 aromatic rings. The van der Waals surface area contributed by atoms with Crippen LogP contribution >= 0.6 is 0 Å². The number of halogens is 4. The molecule has 38 heavy (non-hydrogen) atoms. The lowest BCUT2D eigenvalue weighted by molar-refractivity contribution is -0.0820. The summed E-state index contributed by atoms with van der Waals surface area (Å²) in [4.78, 5) is 0. The molecule has 3 aliphatic carbocycles. The van der Waals surface area contributed by atoms with E-state index in [1.54, 1.807) is 5.56 Å². The van der Waals surface area contributed by atoms with Crippen molar-refractivity contribution in [3.05, 3.63) is 59.4 Å². The van der Waals surface area contributed by atoms with Crippen LogP contribution in [0.4, 0.5) is 17.6 Å². The van der Waals surface area contributed by atoms with Gasteiger partial charge in [-0.3, -0.25) is 0 Å². The highest BCUT2D eigenvalue weighted by Crippen LogP contribution is 2.41. The molecular weight excluding hydrogens is 484 g/mol. The van der Waals surface area contributed by atoms with Crippen LogP contribution < -0.4 is 0 Å². The van der Waals surface area contributed by atoms with Crippen molar-refractivity contribution in [1.29, 1.82) is 0 Å². The molecule has 3 fully saturated rings. The molecule has 0 amide bonds. The molecule has 3 saturated carbocycles. The number of benzene rings is 1. The topological polar surface area (TPSA) is 0 Å². The third kappa shape index (κ3) is 8.98. The average molecular weight is 533 g/mol. The number of rotatable bonds is 9. The summed E-state index contributed by atoms with van der Waals surface area (Å²) in [6.07, 6.45) is 18.4. The van der Waals surface area contributed by atoms with Crippen LogP contribution in [-0.2, 0) is 0 Å². The van der Waals surface area contributed by atoms with E-state index in [4.69, 9.17) is 0 Å². The lowest BCUT2D eigenvalue weighted by Gasteiger charge is -2.30. The minimum Gasteiger partial charge on any atom is -0.212 e. The molecule has 0 aliphatic heterocycles. The molecule has 4 rings (SSSR count). The van der Waals surface area contributed by atoms with Crippen LogP contribution in [0.5, 0.6) is 0 Å². The molecule has 0 radical (unpaired) electrons. The number of allylic oxidation sites excluding steroid dienone is 4. The molecule has 4 heteroatoms. The second-order valence-corrected chi connectivity index (χ2v) is 12.6. The van der Waals surface area contributed by atoms with E-state index >= 15 is 0 Å². The molecule has 0 N–H and O–H groups in total. The fourth-order valence-electron chi connectivity index (χ4n) is 7.33. The van der Waals surface area contributed by atoms with Crippen LogP contribution in [0, 0.1) is 23.7 Å². The quantitative estimate of drug-likeness (QED) is 0.168. The predicted molar refractivity (Wildman–Crippen MR) is 150 cm³/mol. The fraction of sp³-hybridized carbons (Fsp3) is 0.706. The van der Waals surface area contributed by atoms with Gasteiger partial charge < -0.3 is 0 Å². The molecule has 0 heterocycles. The van der Waals surface area contributed by atoms with Crippen LogP contribution in [0.2, 0.25) is 0 Å². The van der Waals surface area contributed by atoms with Gasteiger partial charge in [0.25, 0.3) is 0 Å². The smallest absolute Gasteiger partial charge is 0.212 e. The largest absolute Gasteiger partial charge is 0.412 e. The molecule has 3 aliphatic rings. The van der Waals surface area contributed by atoms with E-state index in [2.05, 4.69) is 43.3 Å². The van der Waals surface area contributed by atoms with Crippen molar-refractivity contribution in [2.45, 2.75) is 128 Å². The lowest BCUT2D eigenvalue weighted by Crippen LogP contribution is -2.16. The maximum Gasteiger partial charge on any atom is 0.412 e. The SMILES string of the molecule is CCCCCC1CCC(c2ccc(C3CCC(C=CC4CCC(C(F)=CC(F)(F)F)CC4)CC3)cc2)CC1. The molecular formula is C34H48F4. The zero-order valence-corrected chi connectivity index (χ0v) is 23.3. The highest BCUT2D eigenvalue weighted by atomic mass is 19.4. The number of hydrogen-bond donors (Lipinski definition) is 0. The van der Waals surface area contributed by atoms with Gasteiger partial charge in [-0.25, -0.2) is 4.39 Å². The van der Waals surface area contributed by atoms with Crippen molar-refractivity contribution in [2.75, 3.05) is 0 Å². The minimum atomic E-state index is -4.56. The molecule has 0 spiro atoms. The zero-order chi connectivity index (χ0) is 27.0. The average Bonchev–Trinajstić information content (AvgIpc) is 2.92. The first kappa shape index (κ1) is 29.4. The fourth-order valence-corrected chi connectivity index (χ4v) is 7.33. The van der Waals surface area contributed by atoms with Crippen LogP contribution in [0.15, 0.2) is 48.3 Å². The van der Waals surface area contributed by atoms with Gasteiger partial charge in [0.15, 0.2) is 0 Å². The number of alkyl halides is 3. The van der Waals surface area contributed by atoms with E-state index in [1.165, 1.54) is 82.6 Å². The van der Waals surface area contributed by atoms with Gasteiger partial charge in [-0.15, -0.1) is 0 Å². The van der Waals surface area contributed by atoms with Gasteiger partial charge in [0.1, 0.15) is 5.83 Å². The molecule has 0 bridgehead atoms. The maximum absolute atomic E-state index is 13.9. The Hall–Kier alpha value is -1.58. The molecule has 0 aromatic heterocycles. The van der Waals surface area contributed by atoms with Crippen molar-refractivity contribution in [3.63, 3.8) is 0 Å². The summed E-state index contributed by atoms with van der Waals surface area (Å²) in [6, 6.07) is 9.61. The van der Waals surface area contributed by atoms with E-state index < -0.39 is 17.9 Å². The summed E-state index contributed by atoms with van der Waals surface area (Å²) in [5.41, 5.74) is 3.04. The van der Waals surface area contributed by atoms with E-state index in [0.29, 0.717) is 30.6 Å². The second kappa shape index (κ2) is 14.2. The number of unbranched alkanes of at least 4 members (excludes halogenated alkanes) is 2. The Morgan fingerprint density at radius 1 is 0.711 bits per heavy atom. The first-order chi connectivity index (χ1) is 18.3. The Balaban J connectivity index is 1.16. The van der Waals surface area contributed by atoms with Gasteiger partial charge in [-0.05, 0) is 118 Å². The van der Waals surface area contributed by atoms with Gasteiger partial charge in [0.05, 0.1) is 6.08 Å². The summed E-state index contributed by atoms with van der Waals surface area (Å²) in [6.45, 7) is 2.29. The highest BCUT2D eigenvalue weighted by molar-refractivity contribution is 5.28. The highest BCUT2D eigenvalue weighted by Gasteiger charge is 2.30. The Morgan fingerprint density at radius 2 is 1.18 bits per heavy atom. The van der Waals surface area contributed by atoms with Crippen LogP contribution in [-0.4, -0.2) is 6.18 Å². The second-order valence-electron chi connectivity index (χ2n) is 12.6. The first-order valence-corrected chi connectivity index (χ1v) is 15.5. The first-order valence-electron chi connectivity index (χ1n) is 15.5. The minimum absolute atomic E-state index is 0.153. The molecule has 0 atom stereocenters. The Kier molecular flexibility index (Phi) is 11.0. The molecule has 212 valence electrons. The maximum atomic E-state index is 13.9. The van der Waals surface area contributed by atoms with Crippen molar-refractivity contribution in [2.24, 2.45) is 23.7 Å². The normalized spacial score (nSPS) is 31.6. The van der Waals surface area contributed by atoms with Crippen molar-refractivity contribution in [1.82, 2.24) is 0 Å². The summed E-state index contributed by atoms with van der Waals surface area (Å²) in [5.74, 6) is 1.78. The van der Waals surface area contributed by atoms with Crippen molar-refractivity contribution >= 4 is 0 Å². The lowest BCUT2D eigenvalue weighted by atomic mass is 9.75. The number of hydrogen-bond acceptors (Lipinski definition) is 0. The monoisotopic (exact) mass is 532 g/mol. The standard InChI is InChI=1S/C34H48F4/c1-2-3-4-5-25-8-14-28(15-9-25)30-20-22-31(23-21-30)29-16-10-26(11-17-29)6-7-27-12-18-32(19-13-27)33(35)24-34(36,37)38/h6-7,20-29,32H,2-5,8-19H2,1H3. The van der Waals surface area contributed by atoms with Gasteiger partial charge in [-0.2, -0.15) is 13.2 Å². The summed E-state index contributed by atoms with van der Waals surface area (Å²) in [5, 5.41) is 0. The molecule has 0 unspecified atom stereocenters. The van der Waals surface area contributed by atoms with E-state index in [1.807, 2.05) is 0 Å². The third-order valence-corrected chi connectivity index (χ3v) is 9.83. The Bertz CT molecular complexity index is 872. The van der Waals surface area contributed by atoms with E-state index in [-0.39, 0.29) is 6.08 Å². The Labute approximate surface area is 228 Å². The Morgan fingerprint density at radius 3 is 1.66 bits per heavy atom. The van der Waals surface area contributed by atoms with Gasteiger partial charge in [0, 0.05) is 5.92 Å². The third-order valence-electron chi connectivity index (χ3n) is 9.83. The van der Waals surface area contributed by atoms with Crippen LogP contribution in [0.1, 0.15) is 133 Å². The van der Waals surface area contributed by atoms with Crippen LogP contribution in [0.25, 0.3) is 0 Å². The van der Waals surface area contributed by atoms with Crippen LogP contribution in [0.3, 0.4) is 0 Å². The van der Waals surface area contributed by atoms with E-state index in [9.17, 15) is 17.6 Å². The van der Waals surface area contributed by atoms with E-state index in [0.717, 1.165) is 24.7 Å². The van der Waals surface area contributed by atoms with Gasteiger partial charge >= 0.3 is 6.18 Å².